The molecular weight excluding hydrogens is 386 g/mol. The van der Waals surface area contributed by atoms with Gasteiger partial charge in [-0.15, -0.1) is 0 Å². The zero-order chi connectivity index (χ0) is 18.0. The molecule has 0 bridgehead atoms. The van der Waals surface area contributed by atoms with Crippen LogP contribution in [0.25, 0.3) is 6.08 Å². The van der Waals surface area contributed by atoms with E-state index in [0.29, 0.717) is 16.0 Å². The van der Waals surface area contributed by atoms with Gasteiger partial charge in [-0.3, -0.25) is 4.79 Å². The zero-order valence-corrected chi connectivity index (χ0v) is 15.0. The van der Waals surface area contributed by atoms with Crippen molar-refractivity contribution in [2.24, 2.45) is 10.7 Å². The minimum absolute atomic E-state index is 0.00867. The Labute approximate surface area is 157 Å². The number of hydrogen-bond acceptors (Lipinski definition) is 4. The highest BCUT2D eigenvalue weighted by molar-refractivity contribution is 8.18. The number of halogens is 3. The Hall–Kier alpha value is -2.02. The molecule has 3 rings (SSSR count). The number of aliphatic imine (C=N–C) groups is 1. The first-order valence-electron chi connectivity index (χ1n) is 7.07. The standard InChI is InChI=1S/C17H11Cl2FN2O2S/c18-11-5-9(7-14-16(23)22-17(21)25-14)6-12(19)15(11)24-8-10-3-1-2-4-13(10)20/h1-7H,8H2,(H2,21,22,23). The van der Waals surface area contributed by atoms with Crippen LogP contribution in [0.4, 0.5) is 4.39 Å². The lowest BCUT2D eigenvalue weighted by Gasteiger charge is -2.11. The van der Waals surface area contributed by atoms with Gasteiger partial charge in [0.05, 0.1) is 15.0 Å². The van der Waals surface area contributed by atoms with Crippen molar-refractivity contribution in [1.82, 2.24) is 0 Å². The van der Waals surface area contributed by atoms with E-state index in [1.165, 1.54) is 6.07 Å². The molecule has 1 aliphatic heterocycles. The van der Waals surface area contributed by atoms with E-state index in [9.17, 15) is 9.18 Å². The number of amidine groups is 1. The van der Waals surface area contributed by atoms with Crippen molar-refractivity contribution in [2.45, 2.75) is 6.61 Å². The molecule has 0 aliphatic carbocycles. The molecule has 128 valence electrons. The summed E-state index contributed by atoms with van der Waals surface area (Å²) in [5.74, 6) is -0.532. The molecule has 2 N–H and O–H groups in total. The van der Waals surface area contributed by atoms with Crippen LogP contribution < -0.4 is 10.5 Å². The molecule has 0 atom stereocenters. The first-order chi connectivity index (χ1) is 11.9. The Morgan fingerprint density at radius 3 is 2.52 bits per heavy atom. The van der Waals surface area contributed by atoms with Gasteiger partial charge in [-0.05, 0) is 41.6 Å². The summed E-state index contributed by atoms with van der Waals surface area (Å²) in [4.78, 5) is 15.6. The largest absolute Gasteiger partial charge is 0.486 e. The summed E-state index contributed by atoms with van der Waals surface area (Å²) >= 11 is 13.5. The van der Waals surface area contributed by atoms with Crippen molar-refractivity contribution in [1.29, 1.82) is 0 Å². The van der Waals surface area contributed by atoms with E-state index in [2.05, 4.69) is 4.99 Å². The van der Waals surface area contributed by atoms with Gasteiger partial charge in [-0.1, -0.05) is 41.4 Å². The second-order valence-electron chi connectivity index (χ2n) is 5.06. The Kier molecular flexibility index (Phi) is 5.32. The topological polar surface area (TPSA) is 64.7 Å². The molecule has 2 aromatic carbocycles. The smallest absolute Gasteiger partial charge is 0.286 e. The second-order valence-corrected chi connectivity index (χ2v) is 6.94. The Morgan fingerprint density at radius 2 is 1.92 bits per heavy atom. The van der Waals surface area contributed by atoms with Crippen LogP contribution in [0.5, 0.6) is 5.75 Å². The van der Waals surface area contributed by atoms with Crippen LogP contribution in [0, 0.1) is 5.82 Å². The number of nitrogens with zero attached hydrogens (tertiary/aromatic N) is 1. The highest BCUT2D eigenvalue weighted by atomic mass is 35.5. The van der Waals surface area contributed by atoms with Gasteiger partial charge in [0.2, 0.25) is 0 Å². The highest BCUT2D eigenvalue weighted by Gasteiger charge is 2.20. The third kappa shape index (κ3) is 4.15. The van der Waals surface area contributed by atoms with Gasteiger partial charge >= 0.3 is 0 Å². The van der Waals surface area contributed by atoms with Gasteiger partial charge in [0.15, 0.2) is 10.9 Å². The predicted octanol–water partition coefficient (Wildman–Crippen LogP) is 4.64. The van der Waals surface area contributed by atoms with Crippen molar-refractivity contribution >= 4 is 52.1 Å². The molecule has 25 heavy (non-hydrogen) atoms. The van der Waals surface area contributed by atoms with Crippen molar-refractivity contribution in [2.75, 3.05) is 0 Å². The molecule has 1 aliphatic rings. The molecule has 1 heterocycles. The first-order valence-corrected chi connectivity index (χ1v) is 8.64. The fourth-order valence-corrected chi connectivity index (χ4v) is 3.44. The van der Waals surface area contributed by atoms with E-state index in [1.54, 1.807) is 36.4 Å². The number of ether oxygens (including phenoxy) is 1. The normalized spacial score (nSPS) is 15.6. The molecule has 2 aromatic rings. The van der Waals surface area contributed by atoms with Gasteiger partial charge in [-0.25, -0.2) is 4.39 Å². The number of carbonyl (C=O) groups is 1. The minimum atomic E-state index is -0.408. The molecule has 0 unspecified atom stereocenters. The lowest BCUT2D eigenvalue weighted by molar-refractivity contribution is -0.113. The maximum absolute atomic E-state index is 13.6. The van der Waals surface area contributed by atoms with Crippen molar-refractivity contribution in [3.8, 4) is 5.75 Å². The predicted molar refractivity (Wildman–Crippen MR) is 99.4 cm³/mol. The summed E-state index contributed by atoms with van der Waals surface area (Å²) in [6.07, 6.45) is 1.59. The summed E-state index contributed by atoms with van der Waals surface area (Å²) in [7, 11) is 0. The van der Waals surface area contributed by atoms with Gasteiger partial charge < -0.3 is 10.5 Å². The monoisotopic (exact) mass is 396 g/mol. The van der Waals surface area contributed by atoms with Crippen LogP contribution in [-0.2, 0) is 11.4 Å². The number of hydrogen-bond donors (Lipinski definition) is 1. The third-order valence-corrected chi connectivity index (χ3v) is 4.66. The highest BCUT2D eigenvalue weighted by Crippen LogP contribution is 2.36. The van der Waals surface area contributed by atoms with E-state index < -0.39 is 5.91 Å². The Morgan fingerprint density at radius 1 is 1.24 bits per heavy atom. The van der Waals surface area contributed by atoms with E-state index in [4.69, 9.17) is 33.7 Å². The molecule has 4 nitrogen and oxygen atoms in total. The maximum atomic E-state index is 13.6. The third-order valence-electron chi connectivity index (χ3n) is 3.29. The number of benzene rings is 2. The lowest BCUT2D eigenvalue weighted by Crippen LogP contribution is -2.01. The van der Waals surface area contributed by atoms with Crippen LogP contribution in [0.2, 0.25) is 10.0 Å². The fraction of sp³-hybridized carbons (Fsp3) is 0.0588. The maximum Gasteiger partial charge on any atom is 0.286 e. The van der Waals surface area contributed by atoms with Gasteiger partial charge in [0.1, 0.15) is 12.4 Å². The SMILES string of the molecule is NC1=NC(=O)C(=Cc2cc(Cl)c(OCc3ccccc3F)c(Cl)c2)S1. The number of nitrogens with two attached hydrogens (primary N) is 1. The van der Waals surface area contributed by atoms with Gasteiger partial charge in [0, 0.05) is 5.56 Å². The molecule has 1 amide bonds. The number of rotatable bonds is 4. The molecule has 0 saturated carbocycles. The Bertz CT molecular complexity index is 892. The summed E-state index contributed by atoms with van der Waals surface area (Å²) in [6, 6.07) is 9.47. The van der Waals surface area contributed by atoms with Crippen LogP contribution in [0.1, 0.15) is 11.1 Å². The molecule has 0 saturated heterocycles. The van der Waals surface area contributed by atoms with Crippen molar-refractivity contribution in [3.63, 3.8) is 0 Å². The van der Waals surface area contributed by atoms with E-state index in [1.807, 2.05) is 0 Å². The molecule has 0 fully saturated rings. The van der Waals surface area contributed by atoms with E-state index in [0.717, 1.165) is 11.8 Å². The minimum Gasteiger partial charge on any atom is -0.486 e. The van der Waals surface area contributed by atoms with E-state index >= 15 is 0 Å². The summed E-state index contributed by atoms with van der Waals surface area (Å²) in [6.45, 7) is -0.00867. The molecule has 0 aromatic heterocycles. The molecule has 0 spiro atoms. The van der Waals surface area contributed by atoms with Crippen LogP contribution in [0.15, 0.2) is 46.3 Å². The molecule has 8 heteroatoms. The van der Waals surface area contributed by atoms with Crippen molar-refractivity contribution in [3.05, 3.63) is 68.3 Å². The second kappa shape index (κ2) is 7.47. The Balaban J connectivity index is 1.80. The fourth-order valence-electron chi connectivity index (χ4n) is 2.14. The van der Waals surface area contributed by atoms with Gasteiger partial charge in [0.25, 0.3) is 5.91 Å². The lowest BCUT2D eigenvalue weighted by atomic mass is 10.2. The number of carbonyl (C=O) groups excluding carboxylic acids is 1. The van der Waals surface area contributed by atoms with Crippen LogP contribution >= 0.6 is 35.0 Å². The van der Waals surface area contributed by atoms with Crippen LogP contribution in [0.3, 0.4) is 0 Å². The van der Waals surface area contributed by atoms with Crippen LogP contribution in [-0.4, -0.2) is 11.1 Å². The first kappa shape index (κ1) is 17.8. The number of amides is 1. The molecule has 0 radical (unpaired) electrons. The van der Waals surface area contributed by atoms with E-state index in [-0.39, 0.29) is 33.4 Å². The average molecular weight is 397 g/mol. The quantitative estimate of drug-likeness (QED) is 0.764. The van der Waals surface area contributed by atoms with Crippen molar-refractivity contribution < 1.29 is 13.9 Å². The summed E-state index contributed by atoms with van der Waals surface area (Å²) < 4.78 is 19.2. The summed E-state index contributed by atoms with van der Waals surface area (Å²) in [5.41, 5.74) is 6.50. The van der Waals surface area contributed by atoms with Gasteiger partial charge in [-0.2, -0.15) is 4.99 Å². The average Bonchev–Trinajstić information content (AvgIpc) is 2.85. The summed E-state index contributed by atoms with van der Waals surface area (Å²) in [5, 5.41) is 0.693. The zero-order valence-electron chi connectivity index (χ0n) is 12.6. The molecular formula is C17H11Cl2FN2O2S. The number of thioether (sulfide) groups is 1.